The zero-order valence-corrected chi connectivity index (χ0v) is 15.1. The van der Waals surface area contributed by atoms with Gasteiger partial charge in [0.15, 0.2) is 0 Å². The first-order valence-electron chi connectivity index (χ1n) is 9.22. The van der Waals surface area contributed by atoms with E-state index in [1.54, 1.807) is 0 Å². The van der Waals surface area contributed by atoms with Crippen molar-refractivity contribution in [3.63, 3.8) is 0 Å². The van der Waals surface area contributed by atoms with E-state index in [1.165, 1.54) is 5.56 Å². The lowest BCUT2D eigenvalue weighted by Gasteiger charge is -2.32. The summed E-state index contributed by atoms with van der Waals surface area (Å²) in [6, 6.07) is 10.3. The van der Waals surface area contributed by atoms with Crippen LogP contribution in [0, 0.1) is 6.92 Å². The molecule has 1 aliphatic carbocycles. The lowest BCUT2D eigenvalue weighted by Crippen LogP contribution is -2.47. The van der Waals surface area contributed by atoms with Crippen LogP contribution in [0.2, 0.25) is 0 Å². The fourth-order valence-corrected chi connectivity index (χ4v) is 3.55. The zero-order chi connectivity index (χ0) is 17.4. The van der Waals surface area contributed by atoms with Crippen LogP contribution >= 0.6 is 0 Å². The van der Waals surface area contributed by atoms with Crippen molar-refractivity contribution in [2.24, 2.45) is 0 Å². The van der Waals surface area contributed by atoms with Crippen molar-refractivity contribution in [1.82, 2.24) is 19.6 Å². The van der Waals surface area contributed by atoms with Crippen molar-refractivity contribution >= 4 is 5.91 Å². The molecule has 2 fully saturated rings. The molecule has 1 saturated heterocycles. The molecule has 2 aliphatic rings. The molecule has 25 heavy (non-hydrogen) atoms. The van der Waals surface area contributed by atoms with Crippen molar-refractivity contribution in [2.45, 2.75) is 32.2 Å². The highest BCUT2D eigenvalue weighted by Gasteiger charge is 2.35. The van der Waals surface area contributed by atoms with E-state index in [-0.39, 0.29) is 5.91 Å². The third-order valence-corrected chi connectivity index (χ3v) is 5.38. The number of likely N-dealkylation sites (N-methyl/N-ethyl adjacent to an activating group) is 1. The van der Waals surface area contributed by atoms with Gasteiger partial charge in [0.05, 0.1) is 17.8 Å². The molecule has 0 unspecified atom stereocenters. The molecule has 0 atom stereocenters. The molecule has 2 heterocycles. The van der Waals surface area contributed by atoms with Gasteiger partial charge in [0, 0.05) is 37.8 Å². The third-order valence-electron chi connectivity index (χ3n) is 5.38. The molecular formula is C20H26N4O. The monoisotopic (exact) mass is 338 g/mol. The number of amides is 1. The van der Waals surface area contributed by atoms with E-state index in [2.05, 4.69) is 24.1 Å². The molecule has 4 rings (SSSR count). The summed E-state index contributed by atoms with van der Waals surface area (Å²) in [7, 11) is 2.11. The first-order valence-corrected chi connectivity index (χ1v) is 9.22. The van der Waals surface area contributed by atoms with Gasteiger partial charge in [0.1, 0.15) is 0 Å². The van der Waals surface area contributed by atoms with E-state index >= 15 is 0 Å². The number of hydrogen-bond acceptors (Lipinski definition) is 3. The minimum absolute atomic E-state index is 0.173. The molecule has 0 radical (unpaired) electrons. The van der Waals surface area contributed by atoms with Gasteiger partial charge in [-0.2, -0.15) is 5.10 Å². The summed E-state index contributed by atoms with van der Waals surface area (Å²) in [5.74, 6) is 0.647. The molecular weight excluding hydrogens is 312 g/mol. The maximum absolute atomic E-state index is 13.2. The molecule has 1 aromatic carbocycles. The van der Waals surface area contributed by atoms with Crippen LogP contribution in [0.1, 0.15) is 46.1 Å². The topological polar surface area (TPSA) is 41.4 Å². The largest absolute Gasteiger partial charge is 0.336 e. The summed E-state index contributed by atoms with van der Waals surface area (Å²) >= 11 is 0. The Morgan fingerprint density at radius 2 is 1.80 bits per heavy atom. The summed E-state index contributed by atoms with van der Waals surface area (Å²) in [5, 5.41) is 4.86. The summed E-state index contributed by atoms with van der Waals surface area (Å²) in [6.07, 6.45) is 2.32. The highest BCUT2D eigenvalue weighted by molar-refractivity contribution is 5.97. The number of carbonyl (C=O) groups is 1. The lowest BCUT2D eigenvalue weighted by molar-refractivity contribution is 0.0662. The maximum atomic E-state index is 13.2. The molecule has 0 bridgehead atoms. The van der Waals surface area contributed by atoms with Crippen LogP contribution in [0.3, 0.4) is 0 Å². The van der Waals surface area contributed by atoms with Gasteiger partial charge in [-0.3, -0.25) is 9.48 Å². The third kappa shape index (κ3) is 3.33. The van der Waals surface area contributed by atoms with Gasteiger partial charge in [0.25, 0.3) is 5.91 Å². The smallest absolute Gasteiger partial charge is 0.257 e. The second-order valence-corrected chi connectivity index (χ2v) is 7.36. The molecule has 132 valence electrons. The van der Waals surface area contributed by atoms with Crippen LogP contribution in [0.4, 0.5) is 0 Å². The van der Waals surface area contributed by atoms with E-state index in [1.807, 2.05) is 34.7 Å². The lowest BCUT2D eigenvalue weighted by atomic mass is 10.1. The summed E-state index contributed by atoms with van der Waals surface area (Å²) in [5.41, 5.74) is 4.11. The average molecular weight is 338 g/mol. The fourth-order valence-electron chi connectivity index (χ4n) is 3.55. The quantitative estimate of drug-likeness (QED) is 0.860. The predicted octanol–water partition coefficient (Wildman–Crippen LogP) is 2.50. The van der Waals surface area contributed by atoms with Crippen LogP contribution in [-0.2, 0) is 6.54 Å². The average Bonchev–Trinajstić information content (AvgIpc) is 3.42. The molecule has 1 aromatic heterocycles. The Morgan fingerprint density at radius 3 is 2.44 bits per heavy atom. The number of hydrogen-bond donors (Lipinski definition) is 0. The maximum Gasteiger partial charge on any atom is 0.257 e. The van der Waals surface area contributed by atoms with Gasteiger partial charge >= 0.3 is 0 Å². The normalized spacial score (nSPS) is 18.6. The van der Waals surface area contributed by atoms with Gasteiger partial charge in [-0.25, -0.2) is 0 Å². The second kappa shape index (κ2) is 6.64. The fraction of sp³-hybridized carbons (Fsp3) is 0.500. The Morgan fingerprint density at radius 1 is 1.12 bits per heavy atom. The van der Waals surface area contributed by atoms with Crippen molar-refractivity contribution in [3.8, 4) is 0 Å². The molecule has 0 N–H and O–H groups in total. The van der Waals surface area contributed by atoms with E-state index in [0.717, 1.165) is 62.5 Å². The Balaban J connectivity index is 1.63. The van der Waals surface area contributed by atoms with E-state index in [0.29, 0.717) is 5.92 Å². The Hall–Kier alpha value is -2.14. The first kappa shape index (κ1) is 16.3. The number of aromatic nitrogens is 2. The van der Waals surface area contributed by atoms with Crippen molar-refractivity contribution in [1.29, 1.82) is 0 Å². The van der Waals surface area contributed by atoms with Crippen LogP contribution in [-0.4, -0.2) is 58.7 Å². The van der Waals surface area contributed by atoms with Crippen molar-refractivity contribution in [2.75, 3.05) is 33.2 Å². The van der Waals surface area contributed by atoms with Crippen LogP contribution in [0.25, 0.3) is 0 Å². The van der Waals surface area contributed by atoms with Gasteiger partial charge in [-0.15, -0.1) is 0 Å². The number of benzene rings is 1. The number of nitrogens with zero attached hydrogens (tertiary/aromatic N) is 4. The minimum Gasteiger partial charge on any atom is -0.336 e. The van der Waals surface area contributed by atoms with Crippen LogP contribution < -0.4 is 0 Å². The summed E-state index contributed by atoms with van der Waals surface area (Å²) in [4.78, 5) is 17.5. The predicted molar refractivity (Wildman–Crippen MR) is 97.9 cm³/mol. The Labute approximate surface area is 149 Å². The number of carbonyl (C=O) groups excluding carboxylic acids is 1. The van der Waals surface area contributed by atoms with Crippen molar-refractivity contribution < 1.29 is 4.79 Å². The zero-order valence-electron chi connectivity index (χ0n) is 15.1. The molecule has 5 heteroatoms. The first-order chi connectivity index (χ1) is 12.1. The van der Waals surface area contributed by atoms with Crippen LogP contribution in [0.5, 0.6) is 0 Å². The molecule has 5 nitrogen and oxygen atoms in total. The number of rotatable bonds is 4. The van der Waals surface area contributed by atoms with E-state index < -0.39 is 0 Å². The van der Waals surface area contributed by atoms with Crippen LogP contribution in [0.15, 0.2) is 30.3 Å². The molecule has 1 aliphatic heterocycles. The van der Waals surface area contributed by atoms with Gasteiger partial charge in [-0.05, 0) is 32.4 Å². The second-order valence-electron chi connectivity index (χ2n) is 7.36. The number of piperazine rings is 1. The molecule has 2 aromatic rings. The molecule has 0 spiro atoms. The molecule has 1 saturated carbocycles. The van der Waals surface area contributed by atoms with Gasteiger partial charge < -0.3 is 9.80 Å². The summed E-state index contributed by atoms with van der Waals surface area (Å²) < 4.78 is 2.02. The van der Waals surface area contributed by atoms with Gasteiger partial charge in [0.2, 0.25) is 0 Å². The SMILES string of the molecule is Cc1c(C(=O)N2CCN(C)CC2)c(C2CC2)nn1Cc1ccccc1. The highest BCUT2D eigenvalue weighted by atomic mass is 16.2. The summed E-state index contributed by atoms with van der Waals surface area (Å²) in [6.45, 7) is 6.28. The highest BCUT2D eigenvalue weighted by Crippen LogP contribution is 2.42. The Kier molecular flexibility index (Phi) is 4.34. The van der Waals surface area contributed by atoms with Gasteiger partial charge in [-0.1, -0.05) is 30.3 Å². The Bertz CT molecular complexity index is 756. The van der Waals surface area contributed by atoms with E-state index in [9.17, 15) is 4.79 Å². The van der Waals surface area contributed by atoms with E-state index in [4.69, 9.17) is 5.10 Å². The standard InChI is InChI=1S/C20H26N4O/c1-15-18(20(25)23-12-10-22(2)11-13-23)19(17-8-9-17)21-24(15)14-16-6-4-3-5-7-16/h3-7,17H,8-14H2,1-2H3. The van der Waals surface area contributed by atoms with Crippen molar-refractivity contribution in [3.05, 3.63) is 52.8 Å². The minimum atomic E-state index is 0.173. The molecule has 1 amide bonds.